The number of amides is 1. The molecule has 0 bridgehead atoms. The van der Waals surface area contributed by atoms with Crippen LogP contribution in [0.25, 0.3) is 10.8 Å². The standard InChI is InChI=1S/C30H27Cl3N4O3/c31-25-8-7-22(18-26(25)32)37-13-11-36(12-14-37)15-16-40-29-10-6-21(23-3-1-2-4-24(23)29)19-34-35-30(39)20-5-9-28(38)27(33)17-20/h1-10,17-19,38H,11-16H2,(H,35,39)/b34-19+. The van der Waals surface area contributed by atoms with Crippen LogP contribution in [-0.2, 0) is 0 Å². The van der Waals surface area contributed by atoms with E-state index in [1.165, 1.54) is 18.2 Å². The number of ether oxygens (including phenoxy) is 1. The third kappa shape index (κ3) is 6.62. The number of anilines is 1. The van der Waals surface area contributed by atoms with Crippen molar-refractivity contribution < 1.29 is 14.6 Å². The molecule has 0 spiro atoms. The maximum atomic E-state index is 12.4. The molecule has 2 N–H and O–H groups in total. The zero-order valence-corrected chi connectivity index (χ0v) is 23.8. The molecule has 0 unspecified atom stereocenters. The molecule has 1 aliphatic heterocycles. The topological polar surface area (TPSA) is 77.4 Å². The van der Waals surface area contributed by atoms with Gasteiger partial charge in [0.15, 0.2) is 0 Å². The first kappa shape index (κ1) is 28.1. The molecule has 4 aromatic carbocycles. The van der Waals surface area contributed by atoms with Crippen molar-refractivity contribution in [2.75, 3.05) is 44.2 Å². The van der Waals surface area contributed by atoms with Crippen LogP contribution >= 0.6 is 34.8 Å². The Balaban J connectivity index is 1.16. The molecule has 206 valence electrons. The molecular formula is C30H27Cl3N4O3. The SMILES string of the molecule is O=C(N/N=C/c1ccc(OCCN2CCN(c3ccc(Cl)c(Cl)c3)CC2)c2ccccc12)c1ccc(O)c(Cl)c1. The summed E-state index contributed by atoms with van der Waals surface area (Å²) in [4.78, 5) is 17.1. The highest BCUT2D eigenvalue weighted by Crippen LogP contribution is 2.29. The lowest BCUT2D eigenvalue weighted by Gasteiger charge is -2.36. The van der Waals surface area contributed by atoms with Gasteiger partial charge in [-0.1, -0.05) is 59.1 Å². The van der Waals surface area contributed by atoms with Gasteiger partial charge in [-0.2, -0.15) is 5.10 Å². The predicted octanol–water partition coefficient (Wildman–Crippen LogP) is 6.47. The highest BCUT2D eigenvalue weighted by molar-refractivity contribution is 6.42. The number of hydrogen-bond acceptors (Lipinski definition) is 6. The quantitative estimate of drug-likeness (QED) is 0.180. The molecular weight excluding hydrogens is 571 g/mol. The number of nitrogens with zero attached hydrogens (tertiary/aromatic N) is 3. The fraction of sp³-hybridized carbons (Fsp3) is 0.200. The minimum Gasteiger partial charge on any atom is -0.506 e. The number of benzene rings is 4. The number of phenolic OH excluding ortho intramolecular Hbond substituents is 1. The maximum absolute atomic E-state index is 12.4. The predicted molar refractivity (Wildman–Crippen MR) is 163 cm³/mol. The van der Waals surface area contributed by atoms with Gasteiger partial charge in [0.05, 0.1) is 21.3 Å². The van der Waals surface area contributed by atoms with Crippen LogP contribution in [0.15, 0.2) is 77.9 Å². The first-order chi connectivity index (χ1) is 19.4. The van der Waals surface area contributed by atoms with Gasteiger partial charge in [0.25, 0.3) is 5.91 Å². The molecule has 0 radical (unpaired) electrons. The number of rotatable bonds is 8. The van der Waals surface area contributed by atoms with Crippen LogP contribution in [0, 0.1) is 0 Å². The average molecular weight is 598 g/mol. The molecule has 0 atom stereocenters. The lowest BCUT2D eigenvalue weighted by molar-refractivity contribution is 0.0955. The van der Waals surface area contributed by atoms with Crippen LogP contribution in [0.5, 0.6) is 11.5 Å². The van der Waals surface area contributed by atoms with Gasteiger partial charge >= 0.3 is 0 Å². The summed E-state index contributed by atoms with van der Waals surface area (Å²) in [5.74, 6) is 0.281. The number of fused-ring (bicyclic) bond motifs is 1. The molecule has 4 aromatic rings. The third-order valence-corrected chi connectivity index (χ3v) is 7.84. The largest absolute Gasteiger partial charge is 0.506 e. The van der Waals surface area contributed by atoms with E-state index in [1.807, 2.05) is 54.6 Å². The summed E-state index contributed by atoms with van der Waals surface area (Å²) in [7, 11) is 0. The van der Waals surface area contributed by atoms with Gasteiger partial charge in [-0.15, -0.1) is 0 Å². The Kier molecular flexibility index (Phi) is 8.97. The fourth-order valence-electron chi connectivity index (χ4n) is 4.60. The molecule has 1 fully saturated rings. The summed E-state index contributed by atoms with van der Waals surface area (Å²) in [6.07, 6.45) is 1.60. The first-order valence-corrected chi connectivity index (χ1v) is 13.9. The number of carbonyl (C=O) groups is 1. The summed E-state index contributed by atoms with van der Waals surface area (Å²) >= 11 is 18.1. The van der Waals surface area contributed by atoms with E-state index in [2.05, 4.69) is 20.3 Å². The Hall–Kier alpha value is -3.49. The van der Waals surface area contributed by atoms with Crippen molar-refractivity contribution in [3.8, 4) is 11.5 Å². The molecule has 5 rings (SSSR count). The lowest BCUT2D eigenvalue weighted by Crippen LogP contribution is -2.47. The Labute approximate surface area is 247 Å². The van der Waals surface area contributed by atoms with E-state index in [4.69, 9.17) is 39.5 Å². The lowest BCUT2D eigenvalue weighted by atomic mass is 10.0. The summed E-state index contributed by atoms with van der Waals surface area (Å²) in [5, 5.41) is 16.8. The Morgan fingerprint density at radius 1 is 0.900 bits per heavy atom. The zero-order valence-electron chi connectivity index (χ0n) is 21.5. The third-order valence-electron chi connectivity index (χ3n) is 6.80. The summed E-state index contributed by atoms with van der Waals surface area (Å²) < 4.78 is 6.20. The van der Waals surface area contributed by atoms with E-state index in [0.717, 1.165) is 60.5 Å². The Morgan fingerprint density at radius 3 is 2.42 bits per heavy atom. The van der Waals surface area contributed by atoms with E-state index in [9.17, 15) is 9.90 Å². The average Bonchev–Trinajstić information content (AvgIpc) is 2.97. The molecule has 0 aliphatic carbocycles. The fourth-order valence-corrected chi connectivity index (χ4v) is 5.08. The number of carbonyl (C=O) groups excluding carboxylic acids is 1. The van der Waals surface area contributed by atoms with E-state index < -0.39 is 5.91 Å². The summed E-state index contributed by atoms with van der Waals surface area (Å²) in [6.45, 7) is 5.07. The van der Waals surface area contributed by atoms with Crippen LogP contribution in [0.3, 0.4) is 0 Å². The molecule has 1 aliphatic rings. The smallest absolute Gasteiger partial charge is 0.271 e. The highest BCUT2D eigenvalue weighted by Gasteiger charge is 2.18. The van der Waals surface area contributed by atoms with Crippen molar-refractivity contribution in [2.45, 2.75) is 0 Å². The normalized spacial score (nSPS) is 14.1. The minimum atomic E-state index is -0.430. The van der Waals surface area contributed by atoms with Gasteiger partial charge in [-0.3, -0.25) is 9.69 Å². The number of aromatic hydroxyl groups is 1. The first-order valence-electron chi connectivity index (χ1n) is 12.8. The molecule has 40 heavy (non-hydrogen) atoms. The summed E-state index contributed by atoms with van der Waals surface area (Å²) in [5.41, 5.74) is 4.72. The summed E-state index contributed by atoms with van der Waals surface area (Å²) in [6, 6.07) is 21.8. The van der Waals surface area contributed by atoms with E-state index >= 15 is 0 Å². The number of nitrogens with one attached hydrogen (secondary N) is 1. The molecule has 1 heterocycles. The van der Waals surface area contributed by atoms with Crippen molar-refractivity contribution in [1.82, 2.24) is 10.3 Å². The molecule has 0 aromatic heterocycles. The molecule has 10 heteroatoms. The molecule has 7 nitrogen and oxygen atoms in total. The van der Waals surface area contributed by atoms with Crippen LogP contribution in [-0.4, -0.2) is 61.5 Å². The number of halogens is 3. The van der Waals surface area contributed by atoms with Gasteiger partial charge in [0.1, 0.15) is 18.1 Å². The second-order valence-corrected chi connectivity index (χ2v) is 10.6. The number of hydrogen-bond donors (Lipinski definition) is 2. The van der Waals surface area contributed by atoms with Gasteiger partial charge in [0, 0.05) is 54.9 Å². The van der Waals surface area contributed by atoms with Crippen molar-refractivity contribution in [3.05, 3.63) is 99.0 Å². The minimum absolute atomic E-state index is 0.0852. The van der Waals surface area contributed by atoms with Crippen molar-refractivity contribution in [2.24, 2.45) is 5.10 Å². The molecule has 1 amide bonds. The Morgan fingerprint density at radius 2 is 1.68 bits per heavy atom. The number of piperazine rings is 1. The van der Waals surface area contributed by atoms with Crippen molar-refractivity contribution >= 4 is 63.4 Å². The molecule has 0 saturated carbocycles. The van der Waals surface area contributed by atoms with E-state index in [0.29, 0.717) is 22.2 Å². The van der Waals surface area contributed by atoms with Gasteiger partial charge in [-0.25, -0.2) is 5.43 Å². The van der Waals surface area contributed by atoms with E-state index in [-0.39, 0.29) is 10.8 Å². The highest BCUT2D eigenvalue weighted by atomic mass is 35.5. The van der Waals surface area contributed by atoms with Gasteiger partial charge in [0.2, 0.25) is 0 Å². The van der Waals surface area contributed by atoms with E-state index in [1.54, 1.807) is 6.21 Å². The Bertz CT molecular complexity index is 1560. The second-order valence-electron chi connectivity index (χ2n) is 9.34. The monoisotopic (exact) mass is 596 g/mol. The van der Waals surface area contributed by atoms with Gasteiger partial charge in [-0.05, 0) is 53.9 Å². The van der Waals surface area contributed by atoms with Crippen LogP contribution in [0.1, 0.15) is 15.9 Å². The van der Waals surface area contributed by atoms with Crippen LogP contribution in [0.4, 0.5) is 5.69 Å². The number of hydrazone groups is 1. The van der Waals surface area contributed by atoms with Crippen molar-refractivity contribution in [1.29, 1.82) is 0 Å². The maximum Gasteiger partial charge on any atom is 0.271 e. The van der Waals surface area contributed by atoms with Crippen molar-refractivity contribution in [3.63, 3.8) is 0 Å². The van der Waals surface area contributed by atoms with Crippen LogP contribution in [0.2, 0.25) is 15.1 Å². The second kappa shape index (κ2) is 12.8. The van der Waals surface area contributed by atoms with Gasteiger partial charge < -0.3 is 14.7 Å². The molecule has 1 saturated heterocycles. The zero-order chi connectivity index (χ0) is 28.1. The number of phenols is 1. The van der Waals surface area contributed by atoms with Crippen LogP contribution < -0.4 is 15.1 Å².